The van der Waals surface area contributed by atoms with Gasteiger partial charge in [-0.05, 0) is 82.2 Å². The first-order chi connectivity index (χ1) is 20.1. The van der Waals surface area contributed by atoms with Gasteiger partial charge in [-0.15, -0.1) is 0 Å². The fourth-order valence-corrected chi connectivity index (χ4v) is 6.46. The van der Waals surface area contributed by atoms with E-state index in [1.165, 1.54) is 19.2 Å². The highest BCUT2D eigenvalue weighted by Crippen LogP contribution is 2.40. The molecule has 0 atom stereocenters. The number of carbonyl (C=O) groups excluding carboxylic acids is 3. The summed E-state index contributed by atoms with van der Waals surface area (Å²) in [6, 6.07) is 8.14. The van der Waals surface area contributed by atoms with E-state index in [4.69, 9.17) is 14.8 Å². The van der Waals surface area contributed by atoms with E-state index in [1.807, 2.05) is 31.7 Å². The standard InChI is InChI=1S/C33H42FN5O4/c1-31(2,3)24-18-25(21-8-10-23(34)11-9-21)36-39-19-26(35-27(24)39)29(41)38-17-16-37(20-32(38,4)5)28(40)22-12-14-33(6,15-13-22)30(42)43-7/h8-11,18-19,22H,12-17,20H2,1-7H3. The normalized spacial score (nSPS) is 22.5. The van der Waals surface area contributed by atoms with Gasteiger partial charge in [0.25, 0.3) is 5.91 Å². The second-order valence-corrected chi connectivity index (χ2v) is 13.9. The van der Waals surface area contributed by atoms with Crippen LogP contribution in [0.15, 0.2) is 36.5 Å². The largest absolute Gasteiger partial charge is 0.469 e. The summed E-state index contributed by atoms with van der Waals surface area (Å²) < 4.78 is 20.2. The minimum absolute atomic E-state index is 0.0900. The average molecular weight is 592 g/mol. The van der Waals surface area contributed by atoms with Gasteiger partial charge in [-0.25, -0.2) is 13.9 Å². The van der Waals surface area contributed by atoms with Crippen molar-refractivity contribution in [2.45, 2.75) is 78.2 Å². The third-order valence-electron chi connectivity index (χ3n) is 9.17. The highest BCUT2D eigenvalue weighted by Gasteiger charge is 2.44. The summed E-state index contributed by atoms with van der Waals surface area (Å²) in [5.74, 6) is -0.785. The Morgan fingerprint density at radius 2 is 1.67 bits per heavy atom. The van der Waals surface area contributed by atoms with Crippen molar-refractivity contribution < 1.29 is 23.5 Å². The number of ether oxygens (including phenoxy) is 1. The van der Waals surface area contributed by atoms with Crippen molar-refractivity contribution in [2.75, 3.05) is 26.7 Å². The maximum atomic E-state index is 13.9. The molecule has 2 amide bonds. The topological polar surface area (TPSA) is 97.1 Å². The molecule has 0 unspecified atom stereocenters. The Balaban J connectivity index is 1.35. The number of hydrogen-bond donors (Lipinski definition) is 0. The molecule has 1 saturated carbocycles. The van der Waals surface area contributed by atoms with Crippen LogP contribution in [-0.2, 0) is 19.7 Å². The molecule has 2 aliphatic rings. The molecule has 43 heavy (non-hydrogen) atoms. The van der Waals surface area contributed by atoms with Crippen LogP contribution in [0.1, 0.15) is 83.3 Å². The minimum Gasteiger partial charge on any atom is -0.469 e. The summed E-state index contributed by atoms with van der Waals surface area (Å²) in [5.41, 5.74) is 1.80. The summed E-state index contributed by atoms with van der Waals surface area (Å²) in [6.07, 6.45) is 4.20. The first kappa shape index (κ1) is 30.6. The molecule has 2 fully saturated rings. The molecular weight excluding hydrogens is 549 g/mol. The van der Waals surface area contributed by atoms with Crippen LogP contribution in [0, 0.1) is 17.2 Å². The Hall–Kier alpha value is -3.82. The molecule has 2 aromatic heterocycles. The summed E-state index contributed by atoms with van der Waals surface area (Å²) in [5, 5.41) is 4.73. The lowest BCUT2D eigenvalue weighted by Gasteiger charge is -2.48. The van der Waals surface area contributed by atoms with Gasteiger partial charge in [0.15, 0.2) is 5.65 Å². The van der Waals surface area contributed by atoms with Crippen molar-refractivity contribution in [2.24, 2.45) is 11.3 Å². The number of imidazole rings is 1. The van der Waals surface area contributed by atoms with Crippen molar-refractivity contribution in [1.29, 1.82) is 0 Å². The highest BCUT2D eigenvalue weighted by atomic mass is 19.1. The molecule has 10 heteroatoms. The Labute approximate surface area is 252 Å². The van der Waals surface area contributed by atoms with Crippen molar-refractivity contribution in [3.8, 4) is 11.3 Å². The predicted molar refractivity (Wildman–Crippen MR) is 161 cm³/mol. The van der Waals surface area contributed by atoms with E-state index in [9.17, 15) is 18.8 Å². The molecule has 1 aromatic carbocycles. The number of fused-ring (bicyclic) bond motifs is 1. The first-order valence-electron chi connectivity index (χ1n) is 15.0. The smallest absolute Gasteiger partial charge is 0.311 e. The summed E-state index contributed by atoms with van der Waals surface area (Å²) in [4.78, 5) is 48.1. The molecule has 0 N–H and O–H groups in total. The zero-order valence-electron chi connectivity index (χ0n) is 26.2. The van der Waals surface area contributed by atoms with Gasteiger partial charge in [0.1, 0.15) is 11.5 Å². The van der Waals surface area contributed by atoms with E-state index in [0.29, 0.717) is 56.7 Å². The maximum Gasteiger partial charge on any atom is 0.311 e. The Morgan fingerprint density at radius 1 is 1.02 bits per heavy atom. The number of esters is 1. The van der Waals surface area contributed by atoms with Gasteiger partial charge in [0.05, 0.1) is 30.0 Å². The lowest BCUT2D eigenvalue weighted by atomic mass is 9.71. The zero-order valence-corrected chi connectivity index (χ0v) is 26.2. The molecule has 1 saturated heterocycles. The molecule has 0 radical (unpaired) electrons. The lowest BCUT2D eigenvalue weighted by molar-refractivity contribution is -0.156. The van der Waals surface area contributed by atoms with E-state index in [1.54, 1.807) is 27.7 Å². The lowest BCUT2D eigenvalue weighted by Crippen LogP contribution is -2.62. The van der Waals surface area contributed by atoms with E-state index >= 15 is 0 Å². The van der Waals surface area contributed by atoms with Crippen LogP contribution in [0.2, 0.25) is 0 Å². The number of nitrogens with zero attached hydrogens (tertiary/aromatic N) is 5. The van der Waals surface area contributed by atoms with Gasteiger partial charge in [-0.1, -0.05) is 20.8 Å². The molecule has 1 aliphatic heterocycles. The zero-order chi connectivity index (χ0) is 31.3. The van der Waals surface area contributed by atoms with E-state index in [-0.39, 0.29) is 40.6 Å². The number of benzene rings is 1. The molecular formula is C33H42FN5O4. The van der Waals surface area contributed by atoms with Gasteiger partial charge in [-0.3, -0.25) is 14.4 Å². The number of piperazine rings is 1. The number of methoxy groups -OCH3 is 1. The van der Waals surface area contributed by atoms with Gasteiger partial charge < -0.3 is 14.5 Å². The molecule has 5 rings (SSSR count). The van der Waals surface area contributed by atoms with Crippen LogP contribution in [-0.4, -0.2) is 74.5 Å². The quantitative estimate of drug-likeness (QED) is 0.384. The summed E-state index contributed by atoms with van der Waals surface area (Å²) in [6.45, 7) is 13.3. The van der Waals surface area contributed by atoms with Gasteiger partial charge in [-0.2, -0.15) is 5.10 Å². The van der Waals surface area contributed by atoms with Crippen LogP contribution >= 0.6 is 0 Å². The molecule has 3 heterocycles. The van der Waals surface area contributed by atoms with Crippen LogP contribution < -0.4 is 0 Å². The van der Waals surface area contributed by atoms with E-state index in [2.05, 4.69) is 20.8 Å². The Morgan fingerprint density at radius 3 is 2.26 bits per heavy atom. The Bertz CT molecular complexity index is 1550. The molecule has 3 aromatic rings. The van der Waals surface area contributed by atoms with E-state index in [0.717, 1.165) is 11.1 Å². The Kier molecular flexibility index (Phi) is 7.86. The van der Waals surface area contributed by atoms with Crippen LogP contribution in [0.3, 0.4) is 0 Å². The minimum atomic E-state index is -0.616. The fourth-order valence-electron chi connectivity index (χ4n) is 6.46. The molecule has 0 spiro atoms. The second-order valence-electron chi connectivity index (χ2n) is 13.9. The number of rotatable bonds is 4. The number of carbonyl (C=O) groups is 3. The van der Waals surface area contributed by atoms with Gasteiger partial charge in [0.2, 0.25) is 5.91 Å². The van der Waals surface area contributed by atoms with Crippen molar-refractivity contribution in [3.05, 3.63) is 53.6 Å². The van der Waals surface area contributed by atoms with Gasteiger partial charge >= 0.3 is 5.97 Å². The molecule has 0 bridgehead atoms. The molecule has 230 valence electrons. The number of hydrogen-bond acceptors (Lipinski definition) is 6. The van der Waals surface area contributed by atoms with Gasteiger partial charge in [0, 0.05) is 36.7 Å². The maximum absolute atomic E-state index is 13.9. The second kappa shape index (κ2) is 11.0. The average Bonchev–Trinajstić information content (AvgIpc) is 3.39. The van der Waals surface area contributed by atoms with Crippen molar-refractivity contribution in [1.82, 2.24) is 24.4 Å². The van der Waals surface area contributed by atoms with Crippen molar-refractivity contribution >= 4 is 23.4 Å². The third-order valence-corrected chi connectivity index (χ3v) is 9.17. The predicted octanol–water partition coefficient (Wildman–Crippen LogP) is 5.27. The third kappa shape index (κ3) is 5.88. The summed E-state index contributed by atoms with van der Waals surface area (Å²) in [7, 11) is 1.41. The SMILES string of the molecule is COC(=O)C1(C)CCC(C(=O)N2CCN(C(=O)c3cn4nc(-c5ccc(F)cc5)cc(C(C)(C)C)c4n3)C(C)(C)C2)CC1. The monoisotopic (exact) mass is 591 g/mol. The van der Waals surface area contributed by atoms with E-state index < -0.39 is 11.0 Å². The van der Waals surface area contributed by atoms with Crippen LogP contribution in [0.5, 0.6) is 0 Å². The number of halogens is 1. The number of aromatic nitrogens is 3. The van der Waals surface area contributed by atoms with Crippen LogP contribution in [0.25, 0.3) is 16.9 Å². The summed E-state index contributed by atoms with van der Waals surface area (Å²) >= 11 is 0. The molecule has 1 aliphatic carbocycles. The first-order valence-corrected chi connectivity index (χ1v) is 15.0. The fraction of sp³-hybridized carbons (Fsp3) is 0.545. The highest BCUT2D eigenvalue weighted by molar-refractivity contribution is 5.94. The van der Waals surface area contributed by atoms with Crippen LogP contribution in [0.4, 0.5) is 4.39 Å². The van der Waals surface area contributed by atoms with Crippen molar-refractivity contribution in [3.63, 3.8) is 0 Å². The number of amides is 2. The molecule has 9 nitrogen and oxygen atoms in total.